The standard InChI is InChI=1S/C9H15F3N2OS/c1-3-6(2)14(5-4-7(13)16)8(15)9(10,11)12/h6H,3-5H2,1-2H3,(H2,13,16). The topological polar surface area (TPSA) is 46.3 Å². The van der Waals surface area contributed by atoms with Gasteiger partial charge < -0.3 is 10.6 Å². The molecular formula is C9H15F3N2OS. The van der Waals surface area contributed by atoms with Gasteiger partial charge in [-0.25, -0.2) is 0 Å². The first-order chi connectivity index (χ1) is 7.20. The van der Waals surface area contributed by atoms with E-state index in [1.54, 1.807) is 13.8 Å². The zero-order chi connectivity index (χ0) is 12.9. The molecule has 94 valence electrons. The molecule has 0 aromatic heterocycles. The monoisotopic (exact) mass is 256 g/mol. The van der Waals surface area contributed by atoms with E-state index in [1.165, 1.54) is 0 Å². The molecule has 0 saturated carbocycles. The number of hydrogen-bond acceptors (Lipinski definition) is 2. The summed E-state index contributed by atoms with van der Waals surface area (Å²) in [4.78, 5) is 12.0. The van der Waals surface area contributed by atoms with Gasteiger partial charge >= 0.3 is 12.1 Å². The Morgan fingerprint density at radius 3 is 2.31 bits per heavy atom. The lowest BCUT2D eigenvalue weighted by Crippen LogP contribution is -2.46. The summed E-state index contributed by atoms with van der Waals surface area (Å²) >= 11 is 4.58. The van der Waals surface area contributed by atoms with Crippen LogP contribution in [-0.4, -0.2) is 34.6 Å². The van der Waals surface area contributed by atoms with Gasteiger partial charge in [0.25, 0.3) is 0 Å². The van der Waals surface area contributed by atoms with Crippen molar-refractivity contribution in [3.05, 3.63) is 0 Å². The van der Waals surface area contributed by atoms with Crippen molar-refractivity contribution in [2.45, 2.75) is 38.9 Å². The molecule has 1 atom stereocenters. The van der Waals surface area contributed by atoms with Crippen LogP contribution in [0.25, 0.3) is 0 Å². The minimum absolute atomic E-state index is 0.0946. The first kappa shape index (κ1) is 15.2. The number of amides is 1. The molecule has 0 fully saturated rings. The predicted molar refractivity (Wildman–Crippen MR) is 58.9 cm³/mol. The van der Waals surface area contributed by atoms with Crippen molar-refractivity contribution in [1.29, 1.82) is 0 Å². The van der Waals surface area contributed by atoms with Crippen molar-refractivity contribution < 1.29 is 18.0 Å². The Hall–Kier alpha value is -0.850. The zero-order valence-electron chi connectivity index (χ0n) is 9.17. The van der Waals surface area contributed by atoms with Gasteiger partial charge in [-0.15, -0.1) is 0 Å². The maximum Gasteiger partial charge on any atom is 0.471 e. The summed E-state index contributed by atoms with van der Waals surface area (Å²) in [5, 5.41) is 0. The highest BCUT2D eigenvalue weighted by Crippen LogP contribution is 2.21. The number of carbonyl (C=O) groups excluding carboxylic acids is 1. The summed E-state index contributed by atoms with van der Waals surface area (Å²) in [5.74, 6) is -1.84. The van der Waals surface area contributed by atoms with Crippen molar-refractivity contribution >= 4 is 23.1 Å². The molecule has 3 nitrogen and oxygen atoms in total. The third-order valence-electron chi connectivity index (χ3n) is 2.23. The number of carbonyl (C=O) groups is 1. The minimum Gasteiger partial charge on any atom is -0.393 e. The first-order valence-electron chi connectivity index (χ1n) is 4.86. The van der Waals surface area contributed by atoms with Crippen LogP contribution in [0.4, 0.5) is 13.2 Å². The van der Waals surface area contributed by atoms with Crippen LogP contribution in [-0.2, 0) is 4.79 Å². The third-order valence-corrected chi connectivity index (χ3v) is 2.43. The van der Waals surface area contributed by atoms with E-state index in [9.17, 15) is 18.0 Å². The van der Waals surface area contributed by atoms with Gasteiger partial charge in [0, 0.05) is 19.0 Å². The molecule has 0 aliphatic carbocycles. The van der Waals surface area contributed by atoms with Crippen LogP contribution in [0.3, 0.4) is 0 Å². The smallest absolute Gasteiger partial charge is 0.393 e. The SMILES string of the molecule is CCC(C)N(CCC(N)=S)C(=O)C(F)(F)F. The molecule has 0 aromatic rings. The normalized spacial score (nSPS) is 13.3. The summed E-state index contributed by atoms with van der Waals surface area (Å²) in [5.41, 5.74) is 5.20. The second-order valence-electron chi connectivity index (χ2n) is 3.47. The molecule has 7 heteroatoms. The van der Waals surface area contributed by atoms with Crippen LogP contribution in [0.15, 0.2) is 0 Å². The molecule has 2 N–H and O–H groups in total. The first-order valence-corrected chi connectivity index (χ1v) is 5.27. The second-order valence-corrected chi connectivity index (χ2v) is 3.99. The van der Waals surface area contributed by atoms with Gasteiger partial charge in [-0.3, -0.25) is 4.79 Å². The number of rotatable bonds is 5. The largest absolute Gasteiger partial charge is 0.471 e. The van der Waals surface area contributed by atoms with E-state index >= 15 is 0 Å². The summed E-state index contributed by atoms with van der Waals surface area (Å²) in [6, 6.07) is -0.483. The molecule has 0 saturated heterocycles. The van der Waals surface area contributed by atoms with Crippen molar-refractivity contribution in [1.82, 2.24) is 4.90 Å². The molecule has 0 aliphatic rings. The van der Waals surface area contributed by atoms with Gasteiger partial charge in [0.15, 0.2) is 0 Å². The van der Waals surface area contributed by atoms with Crippen LogP contribution in [0.1, 0.15) is 26.7 Å². The van der Waals surface area contributed by atoms with Crippen LogP contribution >= 0.6 is 12.2 Å². The van der Waals surface area contributed by atoms with Gasteiger partial charge in [-0.1, -0.05) is 19.1 Å². The van der Waals surface area contributed by atoms with E-state index in [0.717, 1.165) is 4.90 Å². The average molecular weight is 256 g/mol. The molecular weight excluding hydrogens is 241 g/mol. The molecule has 1 amide bonds. The fourth-order valence-corrected chi connectivity index (χ4v) is 1.23. The molecule has 0 spiro atoms. The lowest BCUT2D eigenvalue weighted by atomic mass is 10.2. The van der Waals surface area contributed by atoms with Crippen LogP contribution in [0.2, 0.25) is 0 Å². The van der Waals surface area contributed by atoms with Gasteiger partial charge in [0.2, 0.25) is 0 Å². The van der Waals surface area contributed by atoms with Crippen molar-refractivity contribution in [2.24, 2.45) is 5.73 Å². The fourth-order valence-electron chi connectivity index (χ4n) is 1.14. The van der Waals surface area contributed by atoms with Gasteiger partial charge in [-0.05, 0) is 13.3 Å². The lowest BCUT2D eigenvalue weighted by Gasteiger charge is -2.29. The highest BCUT2D eigenvalue weighted by atomic mass is 32.1. The Labute approximate surface area is 97.8 Å². The Bertz CT molecular complexity index is 268. The molecule has 0 aliphatic heterocycles. The summed E-state index contributed by atoms with van der Waals surface area (Å²) in [6.07, 6.45) is -4.31. The highest BCUT2D eigenvalue weighted by Gasteiger charge is 2.43. The molecule has 0 rings (SSSR count). The lowest BCUT2D eigenvalue weighted by molar-refractivity contribution is -0.187. The zero-order valence-corrected chi connectivity index (χ0v) is 9.99. The van der Waals surface area contributed by atoms with E-state index in [0.29, 0.717) is 6.42 Å². The Balaban J connectivity index is 4.67. The van der Waals surface area contributed by atoms with E-state index in [1.807, 2.05) is 0 Å². The molecule has 0 bridgehead atoms. The van der Waals surface area contributed by atoms with Crippen molar-refractivity contribution in [3.63, 3.8) is 0 Å². The van der Waals surface area contributed by atoms with Crippen molar-refractivity contribution in [3.8, 4) is 0 Å². The maximum atomic E-state index is 12.3. The highest BCUT2D eigenvalue weighted by molar-refractivity contribution is 7.80. The number of alkyl halides is 3. The number of nitrogens with two attached hydrogens (primary N) is 1. The van der Waals surface area contributed by atoms with E-state index in [4.69, 9.17) is 5.73 Å². The average Bonchev–Trinajstić information content (AvgIpc) is 2.15. The Morgan fingerprint density at radius 1 is 1.50 bits per heavy atom. The third kappa shape index (κ3) is 4.78. The number of halogens is 3. The molecule has 0 radical (unpaired) electrons. The summed E-state index contributed by atoms with van der Waals surface area (Å²) in [6.45, 7) is 3.17. The van der Waals surface area contributed by atoms with Crippen molar-refractivity contribution in [2.75, 3.05) is 6.54 Å². The van der Waals surface area contributed by atoms with Crippen LogP contribution in [0, 0.1) is 0 Å². The molecule has 0 heterocycles. The molecule has 1 unspecified atom stereocenters. The summed E-state index contributed by atoms with van der Waals surface area (Å²) in [7, 11) is 0. The predicted octanol–water partition coefficient (Wildman–Crippen LogP) is 1.85. The minimum atomic E-state index is -4.85. The number of hydrogen-bond donors (Lipinski definition) is 1. The van der Waals surface area contributed by atoms with Gasteiger partial charge in [-0.2, -0.15) is 13.2 Å². The number of thiocarbonyl (C=S) groups is 1. The van der Waals surface area contributed by atoms with E-state index in [-0.39, 0.29) is 18.0 Å². The number of nitrogens with zero attached hydrogens (tertiary/aromatic N) is 1. The molecule has 16 heavy (non-hydrogen) atoms. The summed E-state index contributed by atoms with van der Waals surface area (Å²) < 4.78 is 36.8. The van der Waals surface area contributed by atoms with Crippen LogP contribution in [0.5, 0.6) is 0 Å². The second kappa shape index (κ2) is 6.03. The van der Waals surface area contributed by atoms with Gasteiger partial charge in [0.05, 0.1) is 4.99 Å². The fraction of sp³-hybridized carbons (Fsp3) is 0.778. The van der Waals surface area contributed by atoms with Gasteiger partial charge in [0.1, 0.15) is 0 Å². The maximum absolute atomic E-state index is 12.3. The molecule has 0 aromatic carbocycles. The van der Waals surface area contributed by atoms with E-state index < -0.39 is 18.1 Å². The van der Waals surface area contributed by atoms with E-state index in [2.05, 4.69) is 12.2 Å². The Kier molecular flexibility index (Phi) is 5.71. The Morgan fingerprint density at radius 2 is 2.00 bits per heavy atom. The quantitative estimate of drug-likeness (QED) is 0.764. The van der Waals surface area contributed by atoms with Crippen LogP contribution < -0.4 is 5.73 Å².